The Bertz CT molecular complexity index is 759. The molecule has 2 amide bonds. The van der Waals surface area contributed by atoms with Crippen LogP contribution in [0.15, 0.2) is 42.6 Å². The molecule has 1 aromatic heterocycles. The molecule has 1 aliphatic heterocycles. The minimum atomic E-state index is -0.0590. The lowest BCUT2D eigenvalue weighted by atomic mass is 10.2. The summed E-state index contributed by atoms with van der Waals surface area (Å²) in [6.45, 7) is 7.22. The van der Waals surface area contributed by atoms with Crippen LogP contribution < -0.4 is 15.0 Å². The van der Waals surface area contributed by atoms with E-state index in [4.69, 9.17) is 16.3 Å². The summed E-state index contributed by atoms with van der Waals surface area (Å²) >= 11 is 6.26. The fraction of sp³-hybridized carbons (Fsp3) is 0.400. The van der Waals surface area contributed by atoms with Gasteiger partial charge in [0, 0.05) is 45.0 Å². The van der Waals surface area contributed by atoms with E-state index in [1.54, 1.807) is 6.20 Å². The maximum atomic E-state index is 12.4. The van der Waals surface area contributed by atoms with E-state index in [0.717, 1.165) is 29.4 Å². The summed E-state index contributed by atoms with van der Waals surface area (Å²) in [5, 5.41) is 3.70. The molecule has 0 radical (unpaired) electrons. The number of anilines is 1. The van der Waals surface area contributed by atoms with Crippen molar-refractivity contribution in [2.24, 2.45) is 0 Å². The van der Waals surface area contributed by atoms with Crippen molar-refractivity contribution in [1.82, 2.24) is 15.2 Å². The second-order valence-corrected chi connectivity index (χ2v) is 7.16. The van der Waals surface area contributed by atoms with Gasteiger partial charge in [0.25, 0.3) is 0 Å². The first-order chi connectivity index (χ1) is 13.0. The van der Waals surface area contributed by atoms with Crippen LogP contribution in [-0.2, 0) is 6.54 Å². The molecule has 0 bridgehead atoms. The number of aromatic nitrogens is 1. The fourth-order valence-electron chi connectivity index (χ4n) is 2.97. The number of para-hydroxylation sites is 1. The number of ether oxygens (including phenoxy) is 1. The molecule has 27 heavy (non-hydrogen) atoms. The second kappa shape index (κ2) is 8.95. The minimum absolute atomic E-state index is 0.0590. The summed E-state index contributed by atoms with van der Waals surface area (Å²) < 4.78 is 5.52. The Morgan fingerprint density at radius 2 is 1.93 bits per heavy atom. The minimum Gasteiger partial charge on any atom is -0.475 e. The van der Waals surface area contributed by atoms with Crippen molar-refractivity contribution in [2.75, 3.05) is 31.1 Å². The van der Waals surface area contributed by atoms with E-state index < -0.39 is 0 Å². The highest BCUT2D eigenvalue weighted by Gasteiger charge is 2.22. The third-order valence-electron chi connectivity index (χ3n) is 4.36. The number of amides is 2. The van der Waals surface area contributed by atoms with Gasteiger partial charge in [0.2, 0.25) is 5.88 Å². The summed E-state index contributed by atoms with van der Waals surface area (Å²) in [5.74, 6) is 0.593. The number of carbonyl (C=O) groups is 1. The molecule has 1 N–H and O–H groups in total. The molecule has 0 spiro atoms. The Kier molecular flexibility index (Phi) is 6.40. The second-order valence-electron chi connectivity index (χ2n) is 6.76. The standard InChI is InChI=1S/C20H25ClN4O2/c1-15(2)27-19-8-7-16(13-22-19)14-23-20(26)25-11-9-24(10-12-25)18-6-4-3-5-17(18)21/h3-8,13,15H,9-12,14H2,1-2H3,(H,23,26). The highest BCUT2D eigenvalue weighted by atomic mass is 35.5. The zero-order valence-electron chi connectivity index (χ0n) is 15.7. The molecule has 2 aromatic rings. The molecular weight excluding hydrogens is 364 g/mol. The van der Waals surface area contributed by atoms with Gasteiger partial charge in [0.15, 0.2) is 0 Å². The zero-order valence-corrected chi connectivity index (χ0v) is 16.4. The smallest absolute Gasteiger partial charge is 0.317 e. The lowest BCUT2D eigenvalue weighted by molar-refractivity contribution is 0.194. The number of urea groups is 1. The Hall–Kier alpha value is -2.47. The quantitative estimate of drug-likeness (QED) is 0.850. The van der Waals surface area contributed by atoms with E-state index in [0.29, 0.717) is 25.5 Å². The van der Waals surface area contributed by atoms with Gasteiger partial charge < -0.3 is 19.9 Å². The zero-order chi connectivity index (χ0) is 19.2. The van der Waals surface area contributed by atoms with Crippen molar-refractivity contribution < 1.29 is 9.53 Å². The summed E-state index contributed by atoms with van der Waals surface area (Å²) in [5.41, 5.74) is 1.96. The largest absolute Gasteiger partial charge is 0.475 e. The molecule has 1 saturated heterocycles. The number of benzene rings is 1. The lowest BCUT2D eigenvalue weighted by Crippen LogP contribution is -2.51. The third-order valence-corrected chi connectivity index (χ3v) is 4.68. The topological polar surface area (TPSA) is 57.7 Å². The molecule has 0 saturated carbocycles. The number of carbonyl (C=O) groups excluding carboxylic acids is 1. The Morgan fingerprint density at radius 1 is 1.19 bits per heavy atom. The van der Waals surface area contributed by atoms with Crippen LogP contribution >= 0.6 is 11.6 Å². The van der Waals surface area contributed by atoms with Gasteiger partial charge in [-0.05, 0) is 31.5 Å². The van der Waals surface area contributed by atoms with Crippen LogP contribution in [0.5, 0.6) is 5.88 Å². The molecule has 1 aliphatic rings. The number of piperazine rings is 1. The highest BCUT2D eigenvalue weighted by Crippen LogP contribution is 2.26. The molecule has 3 rings (SSSR count). The maximum absolute atomic E-state index is 12.4. The number of nitrogens with zero attached hydrogens (tertiary/aromatic N) is 3. The summed E-state index contributed by atoms with van der Waals surface area (Å²) in [6, 6.07) is 11.5. The molecular formula is C20H25ClN4O2. The van der Waals surface area contributed by atoms with Gasteiger partial charge in [-0.3, -0.25) is 0 Å². The van der Waals surface area contributed by atoms with Crippen LogP contribution in [-0.4, -0.2) is 48.2 Å². The number of hydrogen-bond acceptors (Lipinski definition) is 4. The predicted octanol–water partition coefficient (Wildman–Crippen LogP) is 3.55. The first kappa shape index (κ1) is 19.3. The van der Waals surface area contributed by atoms with E-state index in [9.17, 15) is 4.79 Å². The monoisotopic (exact) mass is 388 g/mol. The van der Waals surface area contributed by atoms with Crippen LogP contribution in [0.2, 0.25) is 5.02 Å². The van der Waals surface area contributed by atoms with Crippen LogP contribution in [0, 0.1) is 0 Å². The molecule has 144 valence electrons. The molecule has 1 aromatic carbocycles. The first-order valence-corrected chi connectivity index (χ1v) is 9.54. The fourth-order valence-corrected chi connectivity index (χ4v) is 3.23. The van der Waals surface area contributed by atoms with Gasteiger partial charge in [-0.2, -0.15) is 0 Å². The van der Waals surface area contributed by atoms with E-state index >= 15 is 0 Å². The van der Waals surface area contributed by atoms with Gasteiger partial charge in [0.1, 0.15) is 0 Å². The number of pyridine rings is 1. The average Bonchev–Trinajstić information content (AvgIpc) is 2.67. The molecule has 1 fully saturated rings. The average molecular weight is 389 g/mol. The molecule has 2 heterocycles. The van der Waals surface area contributed by atoms with Crippen molar-refractivity contribution in [2.45, 2.75) is 26.5 Å². The molecule has 6 nitrogen and oxygen atoms in total. The van der Waals surface area contributed by atoms with E-state index in [1.165, 1.54) is 0 Å². The van der Waals surface area contributed by atoms with E-state index in [2.05, 4.69) is 15.2 Å². The van der Waals surface area contributed by atoms with E-state index in [-0.39, 0.29) is 12.1 Å². The highest BCUT2D eigenvalue weighted by molar-refractivity contribution is 6.33. The van der Waals surface area contributed by atoms with Gasteiger partial charge in [0.05, 0.1) is 16.8 Å². The van der Waals surface area contributed by atoms with Gasteiger partial charge >= 0.3 is 6.03 Å². The Balaban J connectivity index is 1.46. The normalized spacial score (nSPS) is 14.4. The summed E-state index contributed by atoms with van der Waals surface area (Å²) in [7, 11) is 0. The van der Waals surface area contributed by atoms with Crippen molar-refractivity contribution in [1.29, 1.82) is 0 Å². The van der Waals surface area contributed by atoms with Crippen LogP contribution in [0.1, 0.15) is 19.4 Å². The van der Waals surface area contributed by atoms with Gasteiger partial charge in [-0.15, -0.1) is 0 Å². The molecule has 0 unspecified atom stereocenters. The van der Waals surface area contributed by atoms with Crippen molar-refractivity contribution in [3.63, 3.8) is 0 Å². The number of halogens is 1. The lowest BCUT2D eigenvalue weighted by Gasteiger charge is -2.36. The SMILES string of the molecule is CC(C)Oc1ccc(CNC(=O)N2CCN(c3ccccc3Cl)CC2)cn1. The predicted molar refractivity (Wildman–Crippen MR) is 107 cm³/mol. The van der Waals surface area contributed by atoms with Gasteiger partial charge in [-0.1, -0.05) is 29.8 Å². The molecule has 0 atom stereocenters. The maximum Gasteiger partial charge on any atom is 0.317 e. The molecule has 0 aliphatic carbocycles. The Labute approximate surface area is 165 Å². The van der Waals surface area contributed by atoms with Crippen molar-refractivity contribution in [3.05, 3.63) is 53.2 Å². The van der Waals surface area contributed by atoms with E-state index in [1.807, 2.05) is 55.1 Å². The number of nitrogens with one attached hydrogen (secondary N) is 1. The van der Waals surface area contributed by atoms with Crippen LogP contribution in [0.25, 0.3) is 0 Å². The third kappa shape index (κ3) is 5.26. The van der Waals surface area contributed by atoms with Crippen LogP contribution in [0.4, 0.5) is 10.5 Å². The Morgan fingerprint density at radius 3 is 2.56 bits per heavy atom. The van der Waals surface area contributed by atoms with Crippen molar-refractivity contribution >= 4 is 23.3 Å². The summed E-state index contributed by atoms with van der Waals surface area (Å²) in [4.78, 5) is 20.7. The summed E-state index contributed by atoms with van der Waals surface area (Å²) in [6.07, 6.45) is 1.82. The number of rotatable bonds is 5. The molecule has 7 heteroatoms. The van der Waals surface area contributed by atoms with Crippen LogP contribution in [0.3, 0.4) is 0 Å². The number of hydrogen-bond donors (Lipinski definition) is 1. The van der Waals surface area contributed by atoms with Gasteiger partial charge in [-0.25, -0.2) is 9.78 Å². The first-order valence-electron chi connectivity index (χ1n) is 9.17. The van der Waals surface area contributed by atoms with Crippen molar-refractivity contribution in [3.8, 4) is 5.88 Å².